The molecule has 4 N–H and O–H groups in total. The molecule has 2 heterocycles. The summed E-state index contributed by atoms with van der Waals surface area (Å²) >= 11 is 6.49. The average Bonchev–Trinajstić information content (AvgIpc) is 3.21. The lowest BCUT2D eigenvalue weighted by Gasteiger charge is -2.16. The van der Waals surface area contributed by atoms with Crippen LogP contribution < -0.4 is 30.4 Å². The van der Waals surface area contributed by atoms with Crippen molar-refractivity contribution in [2.75, 3.05) is 20.8 Å². The number of aromatic nitrogens is 4. The van der Waals surface area contributed by atoms with Gasteiger partial charge >= 0.3 is 5.69 Å². The largest absolute Gasteiger partial charge is 0.496 e. The zero-order valence-electron chi connectivity index (χ0n) is 19.6. The number of H-pyrrole nitrogens is 1. The summed E-state index contributed by atoms with van der Waals surface area (Å²) in [5.41, 5.74) is 5.00. The van der Waals surface area contributed by atoms with Crippen LogP contribution in [0.3, 0.4) is 0 Å². The van der Waals surface area contributed by atoms with Gasteiger partial charge in [0.05, 0.1) is 30.5 Å². The van der Waals surface area contributed by atoms with Crippen LogP contribution in [0.5, 0.6) is 23.1 Å². The van der Waals surface area contributed by atoms with Crippen molar-refractivity contribution in [2.45, 2.75) is 13.2 Å². The summed E-state index contributed by atoms with van der Waals surface area (Å²) in [5.74, 6) is -1.02. The van der Waals surface area contributed by atoms with Gasteiger partial charge in [0.15, 0.2) is 29.6 Å². The van der Waals surface area contributed by atoms with Crippen molar-refractivity contribution < 1.29 is 33.2 Å². The van der Waals surface area contributed by atoms with E-state index in [9.17, 15) is 19.1 Å². The molecule has 4 rings (SSSR count). The van der Waals surface area contributed by atoms with Crippen LogP contribution in [-0.2, 0) is 18.0 Å². The summed E-state index contributed by atoms with van der Waals surface area (Å²) in [7, 11) is 2.74. The van der Waals surface area contributed by atoms with E-state index in [0.29, 0.717) is 0 Å². The van der Waals surface area contributed by atoms with Gasteiger partial charge in [0, 0.05) is 12.1 Å². The first kappa shape index (κ1) is 25.7. The third-order valence-electron chi connectivity index (χ3n) is 5.18. The fraction of sp³-hybridized carbons (Fsp3) is 0.217. The van der Waals surface area contributed by atoms with Gasteiger partial charge in [-0.3, -0.25) is 9.78 Å². The van der Waals surface area contributed by atoms with E-state index in [0.717, 1.165) is 4.57 Å². The zero-order valence-corrected chi connectivity index (χ0v) is 20.3. The van der Waals surface area contributed by atoms with Crippen LogP contribution in [0.15, 0.2) is 35.1 Å². The summed E-state index contributed by atoms with van der Waals surface area (Å²) in [5, 5.41) is 9.56. The molecule has 0 fully saturated rings. The molecule has 14 heteroatoms. The number of nitrogens with zero attached hydrogens (tertiary/aromatic N) is 3. The summed E-state index contributed by atoms with van der Waals surface area (Å²) in [6.45, 7) is -1.30. The first-order valence-electron chi connectivity index (χ1n) is 10.6. The highest BCUT2D eigenvalue weighted by Gasteiger charge is 2.22. The van der Waals surface area contributed by atoms with Crippen molar-refractivity contribution in [3.63, 3.8) is 0 Å². The Morgan fingerprint density at radius 2 is 1.92 bits per heavy atom. The lowest BCUT2D eigenvalue weighted by atomic mass is 10.2. The predicted molar refractivity (Wildman–Crippen MR) is 129 cm³/mol. The third-order valence-corrected chi connectivity index (χ3v) is 5.48. The zero-order chi connectivity index (χ0) is 26.7. The van der Waals surface area contributed by atoms with Gasteiger partial charge in [-0.05, 0) is 12.1 Å². The van der Waals surface area contributed by atoms with Crippen molar-refractivity contribution in [1.29, 1.82) is 0 Å². The Labute approximate surface area is 213 Å². The van der Waals surface area contributed by atoms with E-state index in [2.05, 4.69) is 15.0 Å². The third kappa shape index (κ3) is 5.13. The molecule has 1 amide bonds. The summed E-state index contributed by atoms with van der Waals surface area (Å²) in [6, 6.07) is 6.96. The second kappa shape index (κ2) is 10.7. The molecule has 0 radical (unpaired) electrons. The lowest BCUT2D eigenvalue weighted by molar-refractivity contribution is -0.119. The first-order chi connectivity index (χ1) is 17.8. The van der Waals surface area contributed by atoms with Gasteiger partial charge in [0.25, 0.3) is 5.91 Å². The van der Waals surface area contributed by atoms with Crippen LogP contribution in [-0.4, -0.2) is 51.4 Å². The highest BCUT2D eigenvalue weighted by atomic mass is 35.5. The molecule has 0 aliphatic carbocycles. The molecule has 0 saturated heterocycles. The Bertz CT molecular complexity index is 1540. The van der Waals surface area contributed by atoms with E-state index in [4.69, 9.17) is 36.3 Å². The molecule has 0 aliphatic heterocycles. The van der Waals surface area contributed by atoms with Crippen molar-refractivity contribution in [3.05, 3.63) is 63.0 Å². The highest BCUT2D eigenvalue weighted by molar-refractivity contribution is 6.32. The maximum absolute atomic E-state index is 14.5. The topological polar surface area (TPSA) is 164 Å². The Morgan fingerprint density at radius 1 is 1.16 bits per heavy atom. The van der Waals surface area contributed by atoms with Gasteiger partial charge in [-0.1, -0.05) is 17.7 Å². The lowest BCUT2D eigenvalue weighted by Crippen LogP contribution is -2.20. The van der Waals surface area contributed by atoms with Crippen molar-refractivity contribution in [1.82, 2.24) is 19.5 Å². The van der Waals surface area contributed by atoms with Gasteiger partial charge in [-0.15, -0.1) is 0 Å². The van der Waals surface area contributed by atoms with Gasteiger partial charge in [0.2, 0.25) is 5.88 Å². The van der Waals surface area contributed by atoms with Crippen LogP contribution in [0.4, 0.5) is 4.39 Å². The first-order valence-corrected chi connectivity index (χ1v) is 11.0. The highest BCUT2D eigenvalue weighted by Crippen LogP contribution is 2.37. The smallest absolute Gasteiger partial charge is 0.332 e. The van der Waals surface area contributed by atoms with Gasteiger partial charge in [-0.2, -0.15) is 4.98 Å². The molecule has 0 aliphatic rings. The van der Waals surface area contributed by atoms with E-state index < -0.39 is 30.6 Å². The molecule has 0 bridgehead atoms. The Kier molecular flexibility index (Phi) is 7.45. The molecule has 0 atom stereocenters. The molecule has 194 valence electrons. The number of carbonyl (C=O) groups excluding carboxylic acids is 1. The molecule has 12 nitrogen and oxygen atoms in total. The number of ether oxygens (including phenoxy) is 4. The summed E-state index contributed by atoms with van der Waals surface area (Å²) in [6.07, 6.45) is 0. The fourth-order valence-corrected chi connectivity index (χ4v) is 3.77. The number of nitrogens with one attached hydrogen (secondary N) is 1. The molecular weight excluding hydrogens is 513 g/mol. The molecule has 2 aromatic heterocycles. The molecular formula is C23H21ClFN5O7. The standard InChI is InChI=1S/C23H21ClFN5O7/c1-34-15-5-3-4-13(25)11(15)9-36-17-7-14(12(24)6-16(17)37-10-18(26)32)30-21-20(29-23(30)33)22(35-2)28-19(8-31)27-21/h3-7,31H,8-10H2,1-2H3,(H2,26,32)(H,29,33). The monoisotopic (exact) mass is 533 g/mol. The Morgan fingerprint density at radius 3 is 2.59 bits per heavy atom. The average molecular weight is 534 g/mol. The van der Waals surface area contributed by atoms with Crippen LogP contribution in [0.2, 0.25) is 5.02 Å². The Hall–Kier alpha value is -4.36. The van der Waals surface area contributed by atoms with E-state index >= 15 is 0 Å². The number of hydrogen-bond acceptors (Lipinski definition) is 9. The molecule has 0 saturated carbocycles. The molecule has 37 heavy (non-hydrogen) atoms. The maximum Gasteiger partial charge on any atom is 0.332 e. The number of primary amides is 1. The number of hydrogen-bond donors (Lipinski definition) is 3. The second-order valence-electron chi connectivity index (χ2n) is 7.49. The molecule has 0 spiro atoms. The van der Waals surface area contributed by atoms with Crippen LogP contribution in [0.1, 0.15) is 11.4 Å². The number of nitrogens with two attached hydrogens (primary N) is 1. The van der Waals surface area contributed by atoms with Gasteiger partial charge in [-0.25, -0.2) is 18.7 Å². The van der Waals surface area contributed by atoms with Crippen molar-refractivity contribution in [3.8, 4) is 28.8 Å². The van der Waals surface area contributed by atoms with Crippen molar-refractivity contribution in [2.24, 2.45) is 5.73 Å². The van der Waals surface area contributed by atoms with E-state index in [1.54, 1.807) is 6.07 Å². The van der Waals surface area contributed by atoms with Crippen LogP contribution in [0.25, 0.3) is 16.9 Å². The summed E-state index contributed by atoms with van der Waals surface area (Å²) < 4.78 is 37.3. The molecule has 4 aromatic rings. The van der Waals surface area contributed by atoms with Crippen LogP contribution in [0, 0.1) is 5.82 Å². The number of rotatable bonds is 10. The number of imidazole rings is 1. The maximum atomic E-state index is 14.5. The number of aliphatic hydroxyl groups excluding tert-OH is 1. The minimum Gasteiger partial charge on any atom is -0.496 e. The quantitative estimate of drug-likeness (QED) is 0.276. The normalized spacial score (nSPS) is 10.9. The fourth-order valence-electron chi connectivity index (χ4n) is 3.53. The van der Waals surface area contributed by atoms with E-state index in [-0.39, 0.29) is 63.0 Å². The summed E-state index contributed by atoms with van der Waals surface area (Å²) in [4.78, 5) is 35.1. The number of amides is 1. The SMILES string of the molecule is COc1cccc(F)c1COc1cc(-n2c(=O)[nH]c3c(OC)nc(CO)nc32)c(Cl)cc1OCC(N)=O. The van der Waals surface area contributed by atoms with Gasteiger partial charge in [0.1, 0.15) is 30.3 Å². The minimum atomic E-state index is -0.755. The second-order valence-corrected chi connectivity index (χ2v) is 7.89. The van der Waals surface area contributed by atoms with Gasteiger partial charge < -0.3 is 29.8 Å². The van der Waals surface area contributed by atoms with E-state index in [1.165, 1.54) is 38.5 Å². The minimum absolute atomic E-state index is 0.00208. The number of carbonyl (C=O) groups is 1. The predicted octanol–water partition coefficient (Wildman–Crippen LogP) is 1.85. The number of aromatic amines is 1. The van der Waals surface area contributed by atoms with Crippen LogP contribution >= 0.6 is 11.6 Å². The number of methoxy groups -OCH3 is 2. The Balaban J connectivity index is 1.86. The number of fused-ring (bicyclic) bond motifs is 1. The number of aliphatic hydroxyl groups is 1. The van der Waals surface area contributed by atoms with E-state index in [1.807, 2.05) is 0 Å². The number of benzene rings is 2. The molecule has 0 unspecified atom stereocenters. The number of halogens is 2. The molecule has 2 aromatic carbocycles. The van der Waals surface area contributed by atoms with Crippen molar-refractivity contribution >= 4 is 28.7 Å².